The van der Waals surface area contributed by atoms with E-state index in [1.54, 1.807) is 0 Å². The van der Waals surface area contributed by atoms with Crippen LogP contribution >= 0.6 is 11.8 Å². The quantitative estimate of drug-likeness (QED) is 0.670. The first-order chi connectivity index (χ1) is 13.7. The molecule has 2 saturated carbocycles. The van der Waals surface area contributed by atoms with Crippen LogP contribution < -0.4 is 5.32 Å². The first-order valence-electron chi connectivity index (χ1n) is 10.6. The van der Waals surface area contributed by atoms with Gasteiger partial charge >= 0.3 is 0 Å². The van der Waals surface area contributed by atoms with Crippen LogP contribution in [0, 0.1) is 5.92 Å². The van der Waals surface area contributed by atoms with Crippen LogP contribution in [0.5, 0.6) is 0 Å². The molecule has 4 rings (SSSR count). The summed E-state index contributed by atoms with van der Waals surface area (Å²) in [4.78, 5) is 12.6. The van der Waals surface area contributed by atoms with Gasteiger partial charge in [0, 0.05) is 12.5 Å². The molecule has 1 amide bonds. The van der Waals surface area contributed by atoms with Gasteiger partial charge in [0.05, 0.1) is 11.8 Å². The molecule has 1 N–H and O–H groups in total. The first kappa shape index (κ1) is 19.5. The molecule has 1 atom stereocenters. The molecule has 1 aromatic heterocycles. The van der Waals surface area contributed by atoms with Gasteiger partial charge in [-0.05, 0) is 44.1 Å². The summed E-state index contributed by atoms with van der Waals surface area (Å²) in [6.45, 7) is 3.55. The van der Waals surface area contributed by atoms with Gasteiger partial charge in [-0.1, -0.05) is 61.4 Å². The van der Waals surface area contributed by atoms with E-state index in [2.05, 4.69) is 44.3 Å². The summed E-state index contributed by atoms with van der Waals surface area (Å²) < 4.78 is 2.21. The lowest BCUT2D eigenvalue weighted by molar-refractivity contribution is -0.120. The van der Waals surface area contributed by atoms with Crippen LogP contribution in [0.2, 0.25) is 0 Å². The molecule has 5 nitrogen and oxygen atoms in total. The highest BCUT2D eigenvalue weighted by molar-refractivity contribution is 8.00. The van der Waals surface area contributed by atoms with Crippen molar-refractivity contribution in [3.05, 3.63) is 41.7 Å². The Morgan fingerprint density at radius 1 is 1.14 bits per heavy atom. The number of benzene rings is 1. The number of amides is 1. The zero-order valence-corrected chi connectivity index (χ0v) is 17.5. The average molecular weight is 399 g/mol. The molecular weight excluding hydrogens is 368 g/mol. The lowest BCUT2D eigenvalue weighted by Gasteiger charge is -2.22. The predicted octanol–water partition coefficient (Wildman–Crippen LogP) is 4.38. The second-order valence-corrected chi connectivity index (χ2v) is 9.50. The number of nitrogens with zero attached hydrogens (tertiary/aromatic N) is 3. The average Bonchev–Trinajstić information content (AvgIpc) is 3.51. The van der Waals surface area contributed by atoms with Crippen LogP contribution in [-0.4, -0.2) is 32.5 Å². The van der Waals surface area contributed by atoms with Crippen LogP contribution in [0.15, 0.2) is 35.5 Å². The number of hydrogen-bond donors (Lipinski definition) is 1. The Morgan fingerprint density at radius 2 is 1.89 bits per heavy atom. The molecule has 2 aliphatic carbocycles. The van der Waals surface area contributed by atoms with E-state index in [1.165, 1.54) is 62.3 Å². The lowest BCUT2D eigenvalue weighted by atomic mass is 9.89. The molecule has 2 aliphatic rings. The molecule has 2 fully saturated rings. The van der Waals surface area contributed by atoms with E-state index in [0.29, 0.717) is 11.8 Å². The van der Waals surface area contributed by atoms with Crippen molar-refractivity contribution in [3.63, 3.8) is 0 Å². The molecule has 0 aliphatic heterocycles. The number of aromatic nitrogens is 3. The summed E-state index contributed by atoms with van der Waals surface area (Å²) in [5.41, 5.74) is 1.24. The Hall–Kier alpha value is -1.82. The van der Waals surface area contributed by atoms with E-state index in [4.69, 9.17) is 0 Å². The summed E-state index contributed by atoms with van der Waals surface area (Å²) in [7, 11) is 0. The molecule has 0 spiro atoms. The van der Waals surface area contributed by atoms with Crippen LogP contribution in [0.1, 0.15) is 69.2 Å². The van der Waals surface area contributed by atoms with E-state index in [0.717, 1.165) is 24.1 Å². The van der Waals surface area contributed by atoms with Crippen molar-refractivity contribution in [1.29, 1.82) is 0 Å². The summed E-state index contributed by atoms with van der Waals surface area (Å²) in [6, 6.07) is 10.4. The monoisotopic (exact) mass is 398 g/mol. The van der Waals surface area contributed by atoms with Crippen LogP contribution in [-0.2, 0) is 11.3 Å². The van der Waals surface area contributed by atoms with Gasteiger partial charge in [0.15, 0.2) is 5.16 Å². The number of carbonyl (C=O) groups excluding carboxylic acids is 1. The highest BCUT2D eigenvalue weighted by Gasteiger charge is 2.31. The number of thioether (sulfide) groups is 1. The molecule has 6 heteroatoms. The SMILES string of the molecule is CC(Sc1nnc(C2CC2)n1Cc1ccccc1)C(=O)NCC1CCCCC1. The van der Waals surface area contributed by atoms with Crippen LogP contribution in [0.3, 0.4) is 0 Å². The number of hydrogen-bond acceptors (Lipinski definition) is 4. The Kier molecular flexibility index (Phi) is 6.35. The van der Waals surface area contributed by atoms with Crippen molar-refractivity contribution in [3.8, 4) is 0 Å². The third-order valence-corrected chi connectivity index (χ3v) is 6.89. The van der Waals surface area contributed by atoms with Crippen LogP contribution in [0.25, 0.3) is 0 Å². The Morgan fingerprint density at radius 3 is 2.61 bits per heavy atom. The number of nitrogens with one attached hydrogen (secondary N) is 1. The van der Waals surface area contributed by atoms with E-state index in [-0.39, 0.29) is 11.2 Å². The second kappa shape index (κ2) is 9.12. The minimum Gasteiger partial charge on any atom is -0.355 e. The molecule has 28 heavy (non-hydrogen) atoms. The maximum absolute atomic E-state index is 12.6. The van der Waals surface area contributed by atoms with Crippen molar-refractivity contribution in [1.82, 2.24) is 20.1 Å². The molecule has 0 bridgehead atoms. The minimum absolute atomic E-state index is 0.109. The molecule has 2 aromatic rings. The predicted molar refractivity (Wildman–Crippen MR) is 112 cm³/mol. The van der Waals surface area contributed by atoms with Gasteiger partial charge in [0.1, 0.15) is 5.82 Å². The van der Waals surface area contributed by atoms with Crippen LogP contribution in [0.4, 0.5) is 0 Å². The lowest BCUT2D eigenvalue weighted by Crippen LogP contribution is -2.35. The van der Waals surface area contributed by atoms with Gasteiger partial charge < -0.3 is 9.88 Å². The summed E-state index contributed by atoms with van der Waals surface area (Å²) >= 11 is 1.53. The second-order valence-electron chi connectivity index (χ2n) is 8.20. The van der Waals surface area contributed by atoms with Gasteiger partial charge in [0.25, 0.3) is 0 Å². The fraction of sp³-hybridized carbons (Fsp3) is 0.591. The summed E-state index contributed by atoms with van der Waals surface area (Å²) in [5.74, 6) is 2.36. The standard InChI is InChI=1S/C22H30N4OS/c1-16(21(27)23-14-17-8-4-2-5-9-17)28-22-25-24-20(19-12-13-19)26(22)15-18-10-6-3-7-11-18/h3,6-7,10-11,16-17,19H,2,4-5,8-9,12-15H2,1H3,(H,23,27). The molecular formula is C22H30N4OS. The van der Waals surface area contributed by atoms with E-state index in [1.807, 2.05) is 13.0 Å². The van der Waals surface area contributed by atoms with Crippen molar-refractivity contribution < 1.29 is 4.79 Å². The molecule has 1 heterocycles. The Balaban J connectivity index is 1.39. The molecule has 150 valence electrons. The molecule has 1 unspecified atom stereocenters. The Labute approximate surface area is 171 Å². The summed E-state index contributed by atoms with van der Waals surface area (Å²) in [5, 5.41) is 12.8. The highest BCUT2D eigenvalue weighted by Crippen LogP contribution is 2.40. The zero-order chi connectivity index (χ0) is 19.3. The molecule has 1 aromatic carbocycles. The van der Waals surface area contributed by atoms with Crippen molar-refractivity contribution >= 4 is 17.7 Å². The minimum atomic E-state index is -0.172. The number of carbonyl (C=O) groups is 1. The van der Waals surface area contributed by atoms with E-state index >= 15 is 0 Å². The van der Waals surface area contributed by atoms with Gasteiger partial charge in [-0.15, -0.1) is 10.2 Å². The molecule has 0 radical (unpaired) electrons. The van der Waals surface area contributed by atoms with E-state index in [9.17, 15) is 4.79 Å². The topological polar surface area (TPSA) is 59.8 Å². The van der Waals surface area contributed by atoms with Gasteiger partial charge in [0.2, 0.25) is 5.91 Å². The zero-order valence-electron chi connectivity index (χ0n) is 16.6. The fourth-order valence-corrected chi connectivity index (χ4v) is 4.82. The third kappa shape index (κ3) is 4.96. The van der Waals surface area contributed by atoms with Crippen molar-refractivity contribution in [2.45, 2.75) is 74.7 Å². The third-order valence-electron chi connectivity index (χ3n) is 5.81. The fourth-order valence-electron chi connectivity index (χ4n) is 3.94. The normalized spacial score (nSPS) is 18.8. The maximum Gasteiger partial charge on any atom is 0.233 e. The van der Waals surface area contributed by atoms with Crippen molar-refractivity contribution in [2.75, 3.05) is 6.54 Å². The van der Waals surface area contributed by atoms with Crippen molar-refractivity contribution in [2.24, 2.45) is 5.92 Å². The number of rotatable bonds is 8. The maximum atomic E-state index is 12.6. The van der Waals surface area contributed by atoms with Gasteiger partial charge in [-0.2, -0.15) is 0 Å². The smallest absolute Gasteiger partial charge is 0.233 e. The van der Waals surface area contributed by atoms with Gasteiger partial charge in [-0.3, -0.25) is 4.79 Å². The summed E-state index contributed by atoms with van der Waals surface area (Å²) in [6.07, 6.45) is 8.83. The highest BCUT2D eigenvalue weighted by atomic mass is 32.2. The largest absolute Gasteiger partial charge is 0.355 e. The first-order valence-corrected chi connectivity index (χ1v) is 11.5. The Bertz CT molecular complexity index is 781. The molecule has 0 saturated heterocycles. The van der Waals surface area contributed by atoms with E-state index < -0.39 is 0 Å². The van der Waals surface area contributed by atoms with Gasteiger partial charge in [-0.25, -0.2) is 0 Å².